The fourth-order valence-electron chi connectivity index (χ4n) is 6.58. The van der Waals surface area contributed by atoms with Gasteiger partial charge in [-0.15, -0.1) is 0 Å². The molecular formula is C32H24BrNO9. The Labute approximate surface area is 253 Å². The summed E-state index contributed by atoms with van der Waals surface area (Å²) in [6, 6.07) is 8.28. The second kappa shape index (κ2) is 10.5. The first kappa shape index (κ1) is 28.4. The highest BCUT2D eigenvalue weighted by atomic mass is 79.9. The zero-order valence-electron chi connectivity index (χ0n) is 22.6. The molecule has 10 nitrogen and oxygen atoms in total. The number of nitrogens with zero attached hydrogens (tertiary/aromatic N) is 1. The van der Waals surface area contributed by atoms with Crippen LogP contribution in [0.15, 0.2) is 75.8 Å². The summed E-state index contributed by atoms with van der Waals surface area (Å²) in [5.74, 6) is -6.18. The molecule has 0 unspecified atom stereocenters. The number of aromatic carboxylic acids is 1. The smallest absolute Gasteiger partial charge is 0.339 e. The summed E-state index contributed by atoms with van der Waals surface area (Å²) < 4.78 is 5.32. The molecule has 11 heteroatoms. The highest BCUT2D eigenvalue weighted by molar-refractivity contribution is 9.12. The number of Topliss-reactive ketones (excluding diaryl/α,β-unsaturated/α-hetero) is 1. The Hall–Kier alpha value is -4.77. The normalized spacial score (nSPS) is 24.9. The molecule has 0 radical (unpaired) electrons. The van der Waals surface area contributed by atoms with E-state index in [0.29, 0.717) is 11.1 Å². The fraction of sp³-hybridized carbons (Fsp3) is 0.219. The Balaban J connectivity index is 1.41. The number of halogens is 1. The minimum atomic E-state index is -1.35. The largest absolute Gasteiger partial charge is 0.507 e. The molecule has 1 aliphatic heterocycles. The van der Waals surface area contributed by atoms with Crippen LogP contribution in [-0.4, -0.2) is 51.8 Å². The van der Waals surface area contributed by atoms with E-state index >= 15 is 0 Å². The van der Waals surface area contributed by atoms with Crippen molar-refractivity contribution in [1.29, 1.82) is 0 Å². The van der Waals surface area contributed by atoms with Crippen molar-refractivity contribution in [3.8, 4) is 17.2 Å². The maximum Gasteiger partial charge on any atom is 0.339 e. The number of allylic oxidation sites excluding steroid dienone is 7. The number of phenolic OH excluding ortho intramolecular Hbond substituents is 1. The third kappa shape index (κ3) is 4.51. The molecule has 0 aromatic heterocycles. The quantitative estimate of drug-likeness (QED) is 0.245. The number of rotatable bonds is 5. The lowest BCUT2D eigenvalue weighted by Crippen LogP contribution is -2.40. The molecule has 4 atom stereocenters. The van der Waals surface area contributed by atoms with E-state index in [2.05, 4.69) is 15.9 Å². The van der Waals surface area contributed by atoms with Crippen LogP contribution in [0.2, 0.25) is 0 Å². The molecule has 6 rings (SSSR count). The van der Waals surface area contributed by atoms with Gasteiger partial charge in [0.15, 0.2) is 23.1 Å². The van der Waals surface area contributed by atoms with Gasteiger partial charge < -0.3 is 20.1 Å². The van der Waals surface area contributed by atoms with Crippen molar-refractivity contribution in [2.24, 2.45) is 23.7 Å². The van der Waals surface area contributed by atoms with Crippen molar-refractivity contribution in [3.05, 3.63) is 87.0 Å². The SMILES string of the molecule is COc1cc(C=C[C@H]2C3=CC[C@@H]4C(=O)N(c5ccc(C(=O)O)c(O)c5)C(=O)[C@@H]4[C@@H]3CC3=C2C(=O)C=C(Br)C3=O)ccc1O. The summed E-state index contributed by atoms with van der Waals surface area (Å²) in [4.78, 5) is 66.4. The zero-order chi connectivity index (χ0) is 30.7. The third-order valence-corrected chi connectivity index (χ3v) is 9.12. The number of carboxylic acids is 1. The highest BCUT2D eigenvalue weighted by Gasteiger charge is 2.56. The minimum Gasteiger partial charge on any atom is -0.507 e. The first-order valence-electron chi connectivity index (χ1n) is 13.4. The number of anilines is 1. The van der Waals surface area contributed by atoms with Gasteiger partial charge in [0.25, 0.3) is 0 Å². The number of carbonyl (C=O) groups is 5. The van der Waals surface area contributed by atoms with Gasteiger partial charge in [0.05, 0.1) is 29.1 Å². The Bertz CT molecular complexity index is 1780. The lowest BCUT2D eigenvalue weighted by atomic mass is 9.61. The topological polar surface area (TPSA) is 159 Å². The lowest BCUT2D eigenvalue weighted by Gasteiger charge is -2.41. The maximum absolute atomic E-state index is 13.9. The molecule has 3 aliphatic carbocycles. The number of ketones is 2. The number of phenols is 2. The molecule has 2 aromatic rings. The van der Waals surface area contributed by atoms with Crippen LogP contribution in [0, 0.1) is 23.7 Å². The minimum absolute atomic E-state index is 0.0358. The van der Waals surface area contributed by atoms with Gasteiger partial charge in [-0.1, -0.05) is 29.9 Å². The average molecular weight is 646 g/mol. The molecule has 2 amide bonds. The number of fused-ring (bicyclic) bond motifs is 3. The van der Waals surface area contributed by atoms with Crippen molar-refractivity contribution in [2.45, 2.75) is 12.8 Å². The second-order valence-electron chi connectivity index (χ2n) is 10.7. The van der Waals surface area contributed by atoms with Crippen LogP contribution in [0.3, 0.4) is 0 Å². The van der Waals surface area contributed by atoms with Crippen molar-refractivity contribution in [2.75, 3.05) is 12.0 Å². The number of methoxy groups -OCH3 is 1. The second-order valence-corrected chi connectivity index (χ2v) is 11.6. The average Bonchev–Trinajstić information content (AvgIpc) is 3.23. The van der Waals surface area contributed by atoms with E-state index < -0.39 is 47.2 Å². The third-order valence-electron chi connectivity index (χ3n) is 8.53. The number of hydrogen-bond donors (Lipinski definition) is 3. The predicted octanol–water partition coefficient (Wildman–Crippen LogP) is 4.32. The molecule has 4 aliphatic rings. The Morgan fingerprint density at radius 2 is 1.79 bits per heavy atom. The Morgan fingerprint density at radius 3 is 2.49 bits per heavy atom. The number of carbonyl (C=O) groups excluding carboxylic acids is 4. The van der Waals surface area contributed by atoms with Gasteiger partial charge in [0.2, 0.25) is 11.8 Å². The van der Waals surface area contributed by atoms with E-state index in [1.54, 1.807) is 24.3 Å². The monoisotopic (exact) mass is 645 g/mol. The molecule has 1 fully saturated rings. The summed E-state index contributed by atoms with van der Waals surface area (Å²) in [5, 5.41) is 29.5. The highest BCUT2D eigenvalue weighted by Crippen LogP contribution is 2.53. The lowest BCUT2D eigenvalue weighted by molar-refractivity contribution is -0.123. The van der Waals surface area contributed by atoms with Crippen molar-refractivity contribution in [3.63, 3.8) is 0 Å². The molecular weight excluding hydrogens is 622 g/mol. The summed E-state index contributed by atoms with van der Waals surface area (Å²) in [6.07, 6.45) is 6.95. The number of imide groups is 1. The van der Waals surface area contributed by atoms with Gasteiger partial charge >= 0.3 is 5.97 Å². The number of ether oxygens (including phenoxy) is 1. The molecule has 0 spiro atoms. The molecule has 0 saturated carbocycles. The first-order chi connectivity index (χ1) is 20.5. The molecule has 0 bridgehead atoms. The number of aromatic hydroxyl groups is 2. The van der Waals surface area contributed by atoms with E-state index in [9.17, 15) is 39.3 Å². The van der Waals surface area contributed by atoms with Crippen molar-refractivity contribution in [1.82, 2.24) is 0 Å². The van der Waals surface area contributed by atoms with Gasteiger partial charge in [0.1, 0.15) is 11.3 Å². The number of hydrogen-bond acceptors (Lipinski definition) is 8. The maximum atomic E-state index is 13.9. The van der Waals surface area contributed by atoms with Crippen LogP contribution in [0.1, 0.15) is 28.8 Å². The van der Waals surface area contributed by atoms with Gasteiger partial charge in [0, 0.05) is 29.2 Å². The molecule has 218 valence electrons. The molecule has 1 saturated heterocycles. The Morgan fingerprint density at radius 1 is 1.02 bits per heavy atom. The fourth-order valence-corrected chi connectivity index (χ4v) is 7.03. The van der Waals surface area contributed by atoms with Crippen LogP contribution in [0.25, 0.3) is 6.08 Å². The Kier molecular flexibility index (Phi) is 6.92. The standard InChI is InChI=1S/C32H24BrNO9/c1-43-26-10-14(3-9-23(26)35)2-5-17-16-7-8-19-28(20(16)12-21-27(17)25(37)13-22(33)29(21)38)31(40)34(30(19)39)15-4-6-18(32(41)42)24(36)11-15/h2-7,9-11,13,17,19-20,28,35-36H,8,12H2,1H3,(H,41,42)/t17-,19-,20+,28-/m0/s1. The zero-order valence-corrected chi connectivity index (χ0v) is 24.2. The van der Waals surface area contributed by atoms with E-state index in [1.807, 2.05) is 6.08 Å². The van der Waals surface area contributed by atoms with Gasteiger partial charge in [-0.25, -0.2) is 9.69 Å². The van der Waals surface area contributed by atoms with Crippen LogP contribution >= 0.6 is 15.9 Å². The summed E-state index contributed by atoms with van der Waals surface area (Å²) >= 11 is 3.19. The van der Waals surface area contributed by atoms with Crippen LogP contribution < -0.4 is 9.64 Å². The van der Waals surface area contributed by atoms with E-state index in [4.69, 9.17) is 4.74 Å². The van der Waals surface area contributed by atoms with Gasteiger partial charge in [-0.2, -0.15) is 0 Å². The van der Waals surface area contributed by atoms with Crippen molar-refractivity contribution < 1.29 is 44.0 Å². The van der Waals surface area contributed by atoms with Crippen LogP contribution in [0.4, 0.5) is 5.69 Å². The molecule has 2 aromatic carbocycles. The molecule has 43 heavy (non-hydrogen) atoms. The number of amides is 2. The van der Waals surface area contributed by atoms with Crippen LogP contribution in [-0.2, 0) is 19.2 Å². The van der Waals surface area contributed by atoms with Gasteiger partial charge in [-0.05, 0) is 64.5 Å². The van der Waals surface area contributed by atoms with E-state index in [0.717, 1.165) is 22.6 Å². The van der Waals surface area contributed by atoms with E-state index in [1.165, 1.54) is 25.3 Å². The first-order valence-corrected chi connectivity index (χ1v) is 14.2. The van der Waals surface area contributed by atoms with Crippen molar-refractivity contribution >= 4 is 57.0 Å². The summed E-state index contributed by atoms with van der Waals surface area (Å²) in [5.41, 5.74) is 1.71. The van der Waals surface area contributed by atoms with Gasteiger partial charge in [-0.3, -0.25) is 19.2 Å². The molecule has 3 N–H and O–H groups in total. The predicted molar refractivity (Wildman–Crippen MR) is 157 cm³/mol. The summed E-state index contributed by atoms with van der Waals surface area (Å²) in [7, 11) is 1.43. The summed E-state index contributed by atoms with van der Waals surface area (Å²) in [6.45, 7) is 0. The van der Waals surface area contributed by atoms with E-state index in [-0.39, 0.29) is 57.2 Å². The number of carboxylic acid groups (broad SMARTS) is 1. The van der Waals surface area contributed by atoms with Crippen LogP contribution in [0.5, 0.6) is 17.2 Å². The number of benzene rings is 2. The molecule has 1 heterocycles.